The number of pyridine rings is 2. The summed E-state index contributed by atoms with van der Waals surface area (Å²) in [6.07, 6.45) is -1.09. The quantitative estimate of drug-likeness (QED) is 0.251. The van der Waals surface area contributed by atoms with E-state index in [1.165, 1.54) is 38.7 Å². The molecular formula is C25H22F5N5O5. The van der Waals surface area contributed by atoms with Crippen molar-refractivity contribution < 1.29 is 45.7 Å². The molecule has 3 heterocycles. The molecule has 4 aromatic rings. The number of ether oxygens (including phenoxy) is 4. The fraction of sp³-hybridized carbons (Fsp3) is 0.280. The van der Waals surface area contributed by atoms with Gasteiger partial charge in [-0.25, -0.2) is 13.8 Å². The first-order chi connectivity index (χ1) is 18.8. The van der Waals surface area contributed by atoms with Crippen molar-refractivity contribution in [3.8, 4) is 28.7 Å². The summed E-state index contributed by atoms with van der Waals surface area (Å²) in [7, 11) is 2.99. The molecule has 0 unspecified atom stereocenters. The minimum atomic E-state index is -4.72. The monoisotopic (exact) mass is 567 g/mol. The van der Waals surface area contributed by atoms with E-state index in [1.807, 2.05) is 0 Å². The van der Waals surface area contributed by atoms with E-state index in [-0.39, 0.29) is 11.6 Å². The normalized spacial score (nSPS) is 11.8. The fourth-order valence-corrected chi connectivity index (χ4v) is 3.54. The zero-order valence-corrected chi connectivity index (χ0v) is 21.3. The predicted octanol–water partition coefficient (Wildman–Crippen LogP) is 5.48. The predicted molar refractivity (Wildman–Crippen MR) is 132 cm³/mol. The van der Waals surface area contributed by atoms with E-state index in [0.29, 0.717) is 39.8 Å². The van der Waals surface area contributed by atoms with Crippen LogP contribution >= 0.6 is 0 Å². The molecule has 0 radical (unpaired) electrons. The van der Waals surface area contributed by atoms with Gasteiger partial charge >= 0.3 is 6.18 Å². The maximum absolute atomic E-state index is 13.4. The lowest BCUT2D eigenvalue weighted by molar-refractivity contribution is -0.153. The summed E-state index contributed by atoms with van der Waals surface area (Å²) in [6.45, 7) is -2.12. The molecule has 40 heavy (non-hydrogen) atoms. The second-order valence-electron chi connectivity index (χ2n) is 8.48. The average molecular weight is 567 g/mol. The van der Waals surface area contributed by atoms with Gasteiger partial charge in [-0.2, -0.15) is 18.3 Å². The molecule has 1 N–H and O–H groups in total. The SMILES string of the molecule is COc1cc2nccc(Oc3ccc(NC(=O)c4nn(CC(C)(F)F)cc4OCC(F)(F)F)nc3)c2cc1OC. The smallest absolute Gasteiger partial charge is 0.422 e. The molecule has 0 spiro atoms. The number of nitrogens with one attached hydrogen (secondary N) is 1. The minimum absolute atomic E-state index is 0.0134. The van der Waals surface area contributed by atoms with Gasteiger partial charge in [0.2, 0.25) is 0 Å². The summed E-state index contributed by atoms with van der Waals surface area (Å²) >= 11 is 0. The summed E-state index contributed by atoms with van der Waals surface area (Å²) in [5, 5.41) is 6.65. The molecule has 4 rings (SSSR count). The molecule has 0 fully saturated rings. The molecule has 212 valence electrons. The summed E-state index contributed by atoms with van der Waals surface area (Å²) < 4.78 is 86.5. The van der Waals surface area contributed by atoms with Crippen LogP contribution in [-0.4, -0.2) is 58.6 Å². The van der Waals surface area contributed by atoms with E-state index in [9.17, 15) is 26.7 Å². The number of carbonyl (C=O) groups is 1. The van der Waals surface area contributed by atoms with Gasteiger partial charge in [0.25, 0.3) is 11.8 Å². The number of carbonyl (C=O) groups excluding carboxylic acids is 1. The van der Waals surface area contributed by atoms with E-state index in [2.05, 4.69) is 25.1 Å². The van der Waals surface area contributed by atoms with Gasteiger partial charge in [-0.1, -0.05) is 0 Å². The molecule has 15 heteroatoms. The second kappa shape index (κ2) is 11.2. The number of nitrogens with zero attached hydrogens (tertiary/aromatic N) is 4. The van der Waals surface area contributed by atoms with E-state index < -0.39 is 42.6 Å². The Kier molecular flexibility index (Phi) is 7.93. The second-order valence-corrected chi connectivity index (χ2v) is 8.48. The van der Waals surface area contributed by atoms with Crippen molar-refractivity contribution in [1.82, 2.24) is 19.7 Å². The Balaban J connectivity index is 1.52. The lowest BCUT2D eigenvalue weighted by Gasteiger charge is -2.12. The number of halogens is 5. The first kappa shape index (κ1) is 28.3. The molecule has 0 saturated carbocycles. The largest absolute Gasteiger partial charge is 0.493 e. The third-order valence-corrected chi connectivity index (χ3v) is 5.19. The Morgan fingerprint density at radius 1 is 0.975 bits per heavy atom. The molecule has 0 aliphatic carbocycles. The Hall–Kier alpha value is -4.69. The van der Waals surface area contributed by atoms with Crippen molar-refractivity contribution in [3.63, 3.8) is 0 Å². The molecule has 0 bridgehead atoms. The molecule has 1 amide bonds. The van der Waals surface area contributed by atoms with Gasteiger partial charge in [0.1, 0.15) is 23.9 Å². The molecular weight excluding hydrogens is 545 g/mol. The third kappa shape index (κ3) is 7.03. The van der Waals surface area contributed by atoms with Gasteiger partial charge in [0.05, 0.1) is 32.1 Å². The zero-order valence-electron chi connectivity index (χ0n) is 21.3. The highest BCUT2D eigenvalue weighted by Gasteiger charge is 2.31. The average Bonchev–Trinajstić information content (AvgIpc) is 3.28. The number of aromatic nitrogens is 4. The lowest BCUT2D eigenvalue weighted by Crippen LogP contribution is -2.21. The Bertz CT molecular complexity index is 1500. The number of benzene rings is 1. The van der Waals surface area contributed by atoms with Crippen LogP contribution in [0.4, 0.5) is 27.8 Å². The Morgan fingerprint density at radius 3 is 2.33 bits per heavy atom. The van der Waals surface area contributed by atoms with E-state index in [0.717, 1.165) is 6.20 Å². The number of hydrogen-bond donors (Lipinski definition) is 1. The summed E-state index contributed by atoms with van der Waals surface area (Å²) in [4.78, 5) is 21.1. The topological polar surface area (TPSA) is 110 Å². The Labute approximate surface area is 223 Å². The van der Waals surface area contributed by atoms with Crippen LogP contribution in [0.3, 0.4) is 0 Å². The van der Waals surface area contributed by atoms with Crippen molar-refractivity contribution in [2.45, 2.75) is 25.6 Å². The van der Waals surface area contributed by atoms with E-state index >= 15 is 0 Å². The van der Waals surface area contributed by atoms with Crippen LogP contribution in [0.25, 0.3) is 10.9 Å². The van der Waals surface area contributed by atoms with Gasteiger partial charge in [-0.3, -0.25) is 14.5 Å². The summed E-state index contributed by atoms with van der Waals surface area (Å²) in [5.74, 6) is -3.23. The standard InChI is InChI=1S/C25H22F5N5O5/c1-24(26,27)12-35-11-20(39-13-25(28,29)30)22(34-35)23(36)33-21-5-4-14(10-32-21)40-17-6-7-31-16-9-19(38-3)18(37-2)8-15(16)17/h4-11H,12-13H2,1-3H3,(H,32,33,36). The molecule has 1 aromatic carbocycles. The number of amides is 1. The minimum Gasteiger partial charge on any atom is -0.493 e. The maximum Gasteiger partial charge on any atom is 0.422 e. The number of hydrogen-bond acceptors (Lipinski definition) is 8. The van der Waals surface area contributed by atoms with Crippen molar-refractivity contribution >= 4 is 22.6 Å². The molecule has 10 nitrogen and oxygen atoms in total. The van der Waals surface area contributed by atoms with Crippen molar-refractivity contribution in [2.75, 3.05) is 26.1 Å². The zero-order chi connectivity index (χ0) is 29.1. The molecule has 0 aliphatic rings. The van der Waals surface area contributed by atoms with Crippen LogP contribution < -0.4 is 24.3 Å². The van der Waals surface area contributed by atoms with Gasteiger partial charge in [-0.15, -0.1) is 0 Å². The van der Waals surface area contributed by atoms with Crippen LogP contribution in [0.1, 0.15) is 17.4 Å². The highest BCUT2D eigenvalue weighted by atomic mass is 19.4. The Morgan fingerprint density at radius 2 is 1.70 bits per heavy atom. The van der Waals surface area contributed by atoms with Gasteiger partial charge in [-0.05, 0) is 24.3 Å². The highest BCUT2D eigenvalue weighted by molar-refractivity contribution is 6.04. The molecule has 0 atom stereocenters. The van der Waals surface area contributed by atoms with Crippen LogP contribution in [0, 0.1) is 0 Å². The number of anilines is 1. The first-order valence-electron chi connectivity index (χ1n) is 11.5. The third-order valence-electron chi connectivity index (χ3n) is 5.19. The molecule has 0 aliphatic heterocycles. The van der Waals surface area contributed by atoms with Gasteiger partial charge < -0.3 is 24.3 Å². The first-order valence-corrected chi connectivity index (χ1v) is 11.5. The van der Waals surface area contributed by atoms with Crippen LogP contribution in [0.5, 0.6) is 28.7 Å². The number of methoxy groups -OCH3 is 2. The van der Waals surface area contributed by atoms with Gasteiger partial charge in [0, 0.05) is 24.6 Å². The lowest BCUT2D eigenvalue weighted by atomic mass is 10.2. The molecule has 3 aromatic heterocycles. The maximum atomic E-state index is 13.4. The van der Waals surface area contributed by atoms with Gasteiger partial charge in [0.15, 0.2) is 29.5 Å². The van der Waals surface area contributed by atoms with Crippen molar-refractivity contribution in [1.29, 1.82) is 0 Å². The van der Waals surface area contributed by atoms with Crippen LogP contribution in [-0.2, 0) is 6.54 Å². The van der Waals surface area contributed by atoms with Crippen LogP contribution in [0.15, 0.2) is 48.9 Å². The van der Waals surface area contributed by atoms with Crippen molar-refractivity contribution in [2.24, 2.45) is 0 Å². The van der Waals surface area contributed by atoms with E-state index in [1.54, 1.807) is 18.2 Å². The molecule has 0 saturated heterocycles. The van der Waals surface area contributed by atoms with Crippen LogP contribution in [0.2, 0.25) is 0 Å². The number of fused-ring (bicyclic) bond motifs is 1. The summed E-state index contributed by atoms with van der Waals surface area (Å²) in [5.41, 5.74) is -0.0425. The number of rotatable bonds is 10. The number of alkyl halides is 5. The van der Waals surface area contributed by atoms with Crippen molar-refractivity contribution in [3.05, 3.63) is 54.6 Å². The highest BCUT2D eigenvalue weighted by Crippen LogP contribution is 2.37. The van der Waals surface area contributed by atoms with E-state index in [4.69, 9.17) is 14.2 Å². The summed E-state index contributed by atoms with van der Waals surface area (Å²) in [6, 6.07) is 7.86. The fourth-order valence-electron chi connectivity index (χ4n) is 3.54.